The molecule has 15 heteroatoms. The molecule has 0 aliphatic carbocycles. The highest BCUT2D eigenvalue weighted by Gasteiger charge is 2.50. The Morgan fingerprint density at radius 3 is 1.66 bits per heavy atom. The predicted octanol–water partition coefficient (Wildman–Crippen LogP) is -1.62. The van der Waals surface area contributed by atoms with E-state index in [1.165, 1.54) is 6.92 Å². The van der Waals surface area contributed by atoms with Crippen molar-refractivity contribution in [2.45, 2.75) is 58.3 Å². The summed E-state index contributed by atoms with van der Waals surface area (Å²) in [4.78, 5) is 44.9. The van der Waals surface area contributed by atoms with Gasteiger partial charge in [-0.05, 0) is 0 Å². The van der Waals surface area contributed by atoms with E-state index in [4.69, 9.17) is 46.9 Å². The quantitative estimate of drug-likeness (QED) is 0.246. The molecule has 1 saturated heterocycles. The Kier molecular flexibility index (Phi) is 10.7. The molecule has 29 heavy (non-hydrogen) atoms. The van der Waals surface area contributed by atoms with Crippen LogP contribution in [0.25, 0.3) is 0 Å². The van der Waals surface area contributed by atoms with Gasteiger partial charge in [0.25, 0.3) is 0 Å². The van der Waals surface area contributed by atoms with E-state index in [1.54, 1.807) is 0 Å². The number of carbonyl (C=O) groups is 4. The fourth-order valence-corrected chi connectivity index (χ4v) is 2.20. The Hall–Kier alpha value is -2.33. The minimum Gasteiger partial charge on any atom is -0.463 e. The van der Waals surface area contributed by atoms with Gasteiger partial charge in [-0.3, -0.25) is 28.3 Å². The summed E-state index contributed by atoms with van der Waals surface area (Å²) in [5.41, 5.74) is 5.93. The van der Waals surface area contributed by atoms with Gasteiger partial charge >= 0.3 is 34.3 Å². The molecule has 0 aromatic rings. The third kappa shape index (κ3) is 12.0. The molecule has 14 nitrogen and oxygen atoms in total. The molecule has 1 aliphatic rings. The van der Waals surface area contributed by atoms with E-state index in [0.29, 0.717) is 0 Å². The van der Waals surface area contributed by atoms with Crippen molar-refractivity contribution in [3.63, 3.8) is 0 Å². The highest BCUT2D eigenvalue weighted by Crippen LogP contribution is 2.26. The molecule has 168 valence electrons. The molecule has 5 atom stereocenters. The van der Waals surface area contributed by atoms with Crippen molar-refractivity contribution in [3.8, 4) is 0 Å². The summed E-state index contributed by atoms with van der Waals surface area (Å²) in [6.07, 6.45) is -4.58. The van der Waals surface area contributed by atoms with Crippen molar-refractivity contribution in [3.05, 3.63) is 0 Å². The molecule has 1 heterocycles. The normalized spacial score (nSPS) is 26.2. The molecule has 0 bridgehead atoms. The Balaban J connectivity index is 0.00000139. The summed E-state index contributed by atoms with van der Waals surface area (Å²) in [6, 6.07) is -1.10. The molecular formula is C14H23NO13S. The Bertz CT molecular complexity index is 682. The van der Waals surface area contributed by atoms with Crippen molar-refractivity contribution in [1.29, 1.82) is 0 Å². The van der Waals surface area contributed by atoms with Crippen LogP contribution in [-0.4, -0.2) is 78.7 Å². The molecule has 1 aliphatic heterocycles. The first-order valence-corrected chi connectivity index (χ1v) is 9.27. The van der Waals surface area contributed by atoms with Crippen molar-refractivity contribution >= 4 is 34.3 Å². The average molecular weight is 445 g/mol. The molecule has 1 fully saturated rings. The number of nitrogens with two attached hydrogens (primary N) is 1. The smallest absolute Gasteiger partial charge is 0.394 e. The number of esters is 4. The van der Waals surface area contributed by atoms with E-state index in [2.05, 4.69) is 0 Å². The summed E-state index contributed by atoms with van der Waals surface area (Å²) >= 11 is 0. The fourth-order valence-electron chi connectivity index (χ4n) is 2.20. The summed E-state index contributed by atoms with van der Waals surface area (Å²) < 4.78 is 57.1. The van der Waals surface area contributed by atoms with Crippen molar-refractivity contribution in [2.24, 2.45) is 5.73 Å². The van der Waals surface area contributed by atoms with Crippen LogP contribution in [0.2, 0.25) is 0 Å². The maximum absolute atomic E-state index is 11.3. The minimum absolute atomic E-state index is 0.310. The molecule has 1 rings (SSSR count). The zero-order valence-corrected chi connectivity index (χ0v) is 16.8. The van der Waals surface area contributed by atoms with Crippen LogP contribution >= 0.6 is 0 Å². The summed E-state index contributed by atoms with van der Waals surface area (Å²) in [6.45, 7) is 4.32. The first-order chi connectivity index (χ1) is 13.1. The molecule has 0 radical (unpaired) electrons. The largest absolute Gasteiger partial charge is 0.463 e. The molecule has 0 saturated carbocycles. The van der Waals surface area contributed by atoms with E-state index in [0.717, 1.165) is 20.8 Å². The predicted molar refractivity (Wildman–Crippen MR) is 90.3 cm³/mol. The van der Waals surface area contributed by atoms with E-state index >= 15 is 0 Å². The molecule has 0 aromatic carbocycles. The maximum Gasteiger partial charge on any atom is 0.394 e. The van der Waals surface area contributed by atoms with Gasteiger partial charge < -0.3 is 29.4 Å². The van der Waals surface area contributed by atoms with Crippen LogP contribution in [0.5, 0.6) is 0 Å². The van der Waals surface area contributed by atoms with Crippen molar-refractivity contribution in [2.75, 3.05) is 6.61 Å². The Labute approximate surface area is 166 Å². The van der Waals surface area contributed by atoms with Gasteiger partial charge in [-0.25, -0.2) is 0 Å². The number of hydrogen-bond acceptors (Lipinski definition) is 12. The lowest BCUT2D eigenvalue weighted by Crippen LogP contribution is -2.65. The molecule has 0 aromatic heterocycles. The highest BCUT2D eigenvalue weighted by atomic mass is 32.3. The topological polar surface area (TPSA) is 215 Å². The van der Waals surface area contributed by atoms with Crippen LogP contribution in [0.3, 0.4) is 0 Å². The van der Waals surface area contributed by atoms with E-state index in [-0.39, 0.29) is 6.61 Å². The van der Waals surface area contributed by atoms with Crippen LogP contribution in [0.4, 0.5) is 0 Å². The molecule has 4 N–H and O–H groups in total. The molecule has 0 amide bonds. The minimum atomic E-state index is -4.67. The first-order valence-electron chi connectivity index (χ1n) is 7.87. The van der Waals surface area contributed by atoms with Crippen LogP contribution in [-0.2, 0) is 53.3 Å². The standard InChI is InChI=1S/C14H21NO9.H2O4S/c1-6(16)20-5-10-12(21-7(2)17)13(22-8(3)18)11(15)14(24-10)23-9(4)19;1-5(2,3)4/h10-14H,5,15H2,1-4H3;(H2,1,2,3,4). The van der Waals surface area contributed by atoms with E-state index < -0.39 is 64.9 Å². The fraction of sp³-hybridized carbons (Fsp3) is 0.714. The number of hydrogen-bond donors (Lipinski definition) is 3. The number of ether oxygens (including phenoxy) is 5. The first kappa shape index (κ1) is 26.7. The van der Waals surface area contributed by atoms with Gasteiger partial charge in [-0.1, -0.05) is 0 Å². The molecular weight excluding hydrogens is 422 g/mol. The molecule has 0 spiro atoms. The van der Waals surface area contributed by atoms with E-state index in [9.17, 15) is 19.2 Å². The molecule has 5 unspecified atom stereocenters. The maximum atomic E-state index is 11.3. The zero-order valence-electron chi connectivity index (χ0n) is 16.0. The third-order valence-electron chi connectivity index (χ3n) is 3.03. The zero-order chi connectivity index (χ0) is 22.9. The van der Waals surface area contributed by atoms with Crippen molar-refractivity contribution in [1.82, 2.24) is 0 Å². The third-order valence-corrected chi connectivity index (χ3v) is 3.03. The van der Waals surface area contributed by atoms with Crippen LogP contribution in [0.15, 0.2) is 0 Å². The van der Waals surface area contributed by atoms with E-state index in [1.807, 2.05) is 0 Å². The lowest BCUT2D eigenvalue weighted by Gasteiger charge is -2.42. The highest BCUT2D eigenvalue weighted by molar-refractivity contribution is 7.79. The van der Waals surface area contributed by atoms with Crippen molar-refractivity contribution < 1.29 is 60.4 Å². The van der Waals surface area contributed by atoms with Gasteiger partial charge in [-0.2, -0.15) is 8.42 Å². The summed E-state index contributed by atoms with van der Waals surface area (Å²) in [7, 11) is -4.67. The number of carbonyl (C=O) groups excluding carboxylic acids is 4. The Morgan fingerprint density at radius 1 is 0.862 bits per heavy atom. The van der Waals surface area contributed by atoms with Crippen LogP contribution < -0.4 is 5.73 Å². The van der Waals surface area contributed by atoms with Gasteiger partial charge in [0.2, 0.25) is 6.29 Å². The van der Waals surface area contributed by atoms with Crippen LogP contribution in [0, 0.1) is 0 Å². The second-order valence-electron chi connectivity index (χ2n) is 5.63. The lowest BCUT2D eigenvalue weighted by molar-refractivity contribution is -0.267. The van der Waals surface area contributed by atoms with Gasteiger partial charge in [0, 0.05) is 27.7 Å². The van der Waals surface area contributed by atoms with Gasteiger partial charge in [0.1, 0.15) is 18.8 Å². The SMILES string of the molecule is CC(=O)OCC1OC(OC(C)=O)C(N)C(OC(C)=O)C1OC(C)=O.O=S(=O)(O)O. The van der Waals surface area contributed by atoms with Gasteiger partial charge in [0.05, 0.1) is 0 Å². The van der Waals surface area contributed by atoms with Gasteiger partial charge in [0.15, 0.2) is 12.2 Å². The summed E-state index contributed by atoms with van der Waals surface area (Å²) in [5.74, 6) is -2.62. The average Bonchev–Trinajstić information content (AvgIpc) is 2.49. The second-order valence-corrected chi connectivity index (χ2v) is 6.52. The summed E-state index contributed by atoms with van der Waals surface area (Å²) in [5, 5.41) is 0. The second kappa shape index (κ2) is 11.6. The van der Waals surface area contributed by atoms with Crippen LogP contribution in [0.1, 0.15) is 27.7 Å². The monoisotopic (exact) mass is 445 g/mol. The lowest BCUT2D eigenvalue weighted by atomic mass is 9.97. The van der Waals surface area contributed by atoms with Gasteiger partial charge in [-0.15, -0.1) is 0 Å². The Morgan fingerprint density at radius 2 is 1.28 bits per heavy atom. The number of rotatable bonds is 5.